The molecule has 0 radical (unpaired) electrons. The molecule has 0 aliphatic carbocycles. The van der Waals surface area contributed by atoms with Crippen molar-refractivity contribution in [3.05, 3.63) is 79.3 Å². The Bertz CT molecular complexity index is 1620. The van der Waals surface area contributed by atoms with Crippen molar-refractivity contribution < 1.29 is 23.9 Å². The van der Waals surface area contributed by atoms with Crippen LogP contribution in [0.5, 0.6) is 5.75 Å². The average Bonchev–Trinajstić information content (AvgIpc) is 3.76. The fourth-order valence-electron chi connectivity index (χ4n) is 5.14. The largest absolute Gasteiger partial charge is 0.497 e. The van der Waals surface area contributed by atoms with Crippen molar-refractivity contribution in [1.29, 1.82) is 0 Å². The summed E-state index contributed by atoms with van der Waals surface area (Å²) in [7, 11) is 3.51. The van der Waals surface area contributed by atoms with E-state index in [2.05, 4.69) is 26.2 Å². The van der Waals surface area contributed by atoms with Crippen molar-refractivity contribution in [3.8, 4) is 17.1 Å². The second kappa shape index (κ2) is 11.9. The van der Waals surface area contributed by atoms with Gasteiger partial charge in [0, 0.05) is 47.1 Å². The van der Waals surface area contributed by atoms with Crippen molar-refractivity contribution in [1.82, 2.24) is 19.8 Å². The molecule has 42 heavy (non-hydrogen) atoms. The standard InChI is InChI=1S/C29H27BrN4O5S3/c1-33-10-9-31-25(33)20-13-21(42-24(20)30)29(28(37)39-14-17-5-7-18(38-2)8-6-17)15-34-26(36)23(27(34)41-16-29)32-22(35)12-19-4-3-11-40-19/h3-11,13,23,27H,12,14-16H2,1-2H3,(H,32,35)/t23?,27-,29?/m1/s1. The number of amides is 2. The quantitative estimate of drug-likeness (QED) is 0.203. The lowest BCUT2D eigenvalue weighted by molar-refractivity contribution is -0.158. The molecule has 2 amide bonds. The minimum atomic E-state index is -1.09. The number of carbonyl (C=O) groups excluding carboxylic acids is 3. The molecular formula is C29H27BrN4O5S3. The van der Waals surface area contributed by atoms with Gasteiger partial charge in [-0.3, -0.25) is 14.4 Å². The predicted octanol–water partition coefficient (Wildman–Crippen LogP) is 4.61. The van der Waals surface area contributed by atoms with Crippen molar-refractivity contribution in [3.63, 3.8) is 0 Å². The highest BCUT2D eigenvalue weighted by Crippen LogP contribution is 2.48. The minimum absolute atomic E-state index is 0.0901. The zero-order chi connectivity index (χ0) is 29.4. The topological polar surface area (TPSA) is 103 Å². The molecule has 0 saturated carbocycles. The highest BCUT2D eigenvalue weighted by molar-refractivity contribution is 9.11. The molecule has 2 aliphatic rings. The molecule has 13 heteroatoms. The summed E-state index contributed by atoms with van der Waals surface area (Å²) in [6.45, 7) is 0.252. The van der Waals surface area contributed by atoms with Crippen molar-refractivity contribution >= 4 is 68.1 Å². The van der Waals surface area contributed by atoms with E-state index in [0.717, 1.165) is 36.2 Å². The zero-order valence-corrected chi connectivity index (χ0v) is 26.8. The van der Waals surface area contributed by atoms with Gasteiger partial charge in [0.1, 0.15) is 35.0 Å². The van der Waals surface area contributed by atoms with Crippen LogP contribution in [0.3, 0.4) is 0 Å². The molecule has 2 aliphatic heterocycles. The lowest BCUT2D eigenvalue weighted by atomic mass is 9.85. The van der Waals surface area contributed by atoms with Crippen LogP contribution in [0, 0.1) is 0 Å². The number of fused-ring (bicyclic) bond motifs is 1. The van der Waals surface area contributed by atoms with Gasteiger partial charge in [-0.05, 0) is 51.1 Å². The van der Waals surface area contributed by atoms with E-state index in [9.17, 15) is 14.4 Å². The molecule has 1 N–H and O–H groups in total. The Morgan fingerprint density at radius 2 is 2.05 bits per heavy atom. The summed E-state index contributed by atoms with van der Waals surface area (Å²) in [6, 6.07) is 12.5. The normalized spacial score (nSPS) is 21.4. The number of esters is 1. The van der Waals surface area contributed by atoms with Crippen molar-refractivity contribution in [2.24, 2.45) is 7.05 Å². The van der Waals surface area contributed by atoms with Crippen LogP contribution in [0.4, 0.5) is 0 Å². The molecule has 9 nitrogen and oxygen atoms in total. The number of hydrogen-bond acceptors (Lipinski definition) is 9. The third-order valence-electron chi connectivity index (χ3n) is 7.45. The van der Waals surface area contributed by atoms with Gasteiger partial charge in [0.05, 0.1) is 17.3 Å². The number of nitrogens with one attached hydrogen (secondary N) is 1. The van der Waals surface area contributed by atoms with Crippen LogP contribution in [0.1, 0.15) is 15.3 Å². The molecule has 2 fully saturated rings. The van der Waals surface area contributed by atoms with E-state index in [0.29, 0.717) is 5.75 Å². The van der Waals surface area contributed by atoms with Crippen LogP contribution in [-0.2, 0) is 44.6 Å². The Balaban J connectivity index is 1.24. The number of hydrogen-bond donors (Lipinski definition) is 1. The number of benzene rings is 1. The van der Waals surface area contributed by atoms with Gasteiger partial charge in [0.2, 0.25) is 11.8 Å². The fraction of sp³-hybridized carbons (Fsp3) is 0.310. The number of carbonyl (C=O) groups is 3. The van der Waals surface area contributed by atoms with Gasteiger partial charge in [-0.1, -0.05) is 18.2 Å². The number of thiophene rings is 2. The SMILES string of the molecule is COc1ccc(COC(=O)C2(c3cc(-c4nccn4C)c(Br)s3)CS[C@@H]3C(NC(=O)Cc4cccs4)C(=O)N3C2)cc1. The molecule has 0 bridgehead atoms. The highest BCUT2D eigenvalue weighted by Gasteiger charge is 2.59. The molecule has 3 aromatic heterocycles. The first kappa shape index (κ1) is 29.0. The fourth-order valence-corrected chi connectivity index (χ4v) is 9.35. The van der Waals surface area contributed by atoms with Crippen LogP contribution < -0.4 is 10.1 Å². The average molecular weight is 688 g/mol. The maximum atomic E-state index is 14.0. The van der Waals surface area contributed by atoms with Gasteiger partial charge in [0.15, 0.2) is 0 Å². The lowest BCUT2D eigenvalue weighted by Crippen LogP contribution is -2.74. The molecule has 218 valence electrons. The van der Waals surface area contributed by atoms with E-state index < -0.39 is 17.4 Å². The number of nitrogens with zero attached hydrogens (tertiary/aromatic N) is 3. The first-order valence-corrected chi connectivity index (χ1v) is 16.6. The number of aryl methyl sites for hydroxylation is 1. The second-order valence-corrected chi connectivity index (χ2v) is 14.6. The van der Waals surface area contributed by atoms with E-state index in [1.165, 1.54) is 34.4 Å². The van der Waals surface area contributed by atoms with Crippen LogP contribution >= 0.6 is 50.4 Å². The third kappa shape index (κ3) is 5.38. The second-order valence-electron chi connectivity index (χ2n) is 10.1. The molecule has 2 saturated heterocycles. The smallest absolute Gasteiger partial charge is 0.320 e. The number of halogens is 1. The molecule has 3 atom stereocenters. The number of methoxy groups -OCH3 is 1. The Morgan fingerprint density at radius 3 is 2.74 bits per heavy atom. The monoisotopic (exact) mass is 686 g/mol. The van der Waals surface area contributed by atoms with E-state index in [1.807, 2.05) is 65.7 Å². The Labute approximate surface area is 263 Å². The van der Waals surface area contributed by atoms with E-state index in [4.69, 9.17) is 9.47 Å². The molecule has 5 heterocycles. The molecule has 2 unspecified atom stereocenters. The Hall–Kier alpha value is -3.13. The first-order chi connectivity index (χ1) is 20.3. The van der Waals surface area contributed by atoms with Crippen LogP contribution in [0.15, 0.2) is 64.0 Å². The Morgan fingerprint density at radius 1 is 1.24 bits per heavy atom. The van der Waals surface area contributed by atoms with Gasteiger partial charge in [-0.15, -0.1) is 34.4 Å². The van der Waals surface area contributed by atoms with Gasteiger partial charge in [-0.2, -0.15) is 0 Å². The summed E-state index contributed by atoms with van der Waals surface area (Å²) in [5.74, 6) is 1.10. The van der Waals surface area contributed by atoms with E-state index in [-0.39, 0.29) is 36.8 Å². The molecule has 6 rings (SSSR count). The van der Waals surface area contributed by atoms with Crippen molar-refractivity contribution in [2.75, 3.05) is 19.4 Å². The number of aromatic nitrogens is 2. The van der Waals surface area contributed by atoms with Crippen molar-refractivity contribution in [2.45, 2.75) is 29.9 Å². The lowest BCUT2D eigenvalue weighted by Gasteiger charge is -2.53. The Kier molecular flexibility index (Phi) is 8.18. The van der Waals surface area contributed by atoms with Gasteiger partial charge >= 0.3 is 5.97 Å². The van der Waals surface area contributed by atoms with Gasteiger partial charge in [-0.25, -0.2) is 4.98 Å². The van der Waals surface area contributed by atoms with Gasteiger partial charge < -0.3 is 24.3 Å². The summed E-state index contributed by atoms with van der Waals surface area (Å²) < 4.78 is 13.9. The summed E-state index contributed by atoms with van der Waals surface area (Å²) in [5.41, 5.74) is 0.604. The molecular weight excluding hydrogens is 660 g/mol. The number of ether oxygens (including phenoxy) is 2. The zero-order valence-electron chi connectivity index (χ0n) is 22.7. The summed E-state index contributed by atoms with van der Waals surface area (Å²) in [4.78, 5) is 47.9. The molecule has 0 spiro atoms. The maximum absolute atomic E-state index is 14.0. The number of imidazole rings is 1. The molecule has 4 aromatic rings. The number of rotatable bonds is 9. The van der Waals surface area contributed by atoms with Gasteiger partial charge in [0.25, 0.3) is 0 Å². The molecule has 1 aromatic carbocycles. The van der Waals surface area contributed by atoms with E-state index in [1.54, 1.807) is 18.2 Å². The van der Waals surface area contributed by atoms with E-state index >= 15 is 0 Å². The first-order valence-electron chi connectivity index (χ1n) is 13.1. The predicted molar refractivity (Wildman–Crippen MR) is 167 cm³/mol. The van der Waals surface area contributed by atoms with Crippen LogP contribution in [0.25, 0.3) is 11.4 Å². The number of β-lactam (4-membered cyclic amide) rings is 1. The van der Waals surface area contributed by atoms with Crippen LogP contribution in [-0.4, -0.2) is 63.1 Å². The maximum Gasteiger partial charge on any atom is 0.320 e. The minimum Gasteiger partial charge on any atom is -0.497 e. The summed E-state index contributed by atoms with van der Waals surface area (Å²) in [6.07, 6.45) is 3.83. The third-order valence-corrected chi connectivity index (χ3v) is 11.9. The summed E-state index contributed by atoms with van der Waals surface area (Å²) >= 11 is 8.13. The van der Waals surface area contributed by atoms with Crippen LogP contribution in [0.2, 0.25) is 0 Å². The summed E-state index contributed by atoms with van der Waals surface area (Å²) in [5, 5.41) is 4.58. The highest BCUT2D eigenvalue weighted by atomic mass is 79.9. The number of thioether (sulfide) groups is 1.